The van der Waals surface area contributed by atoms with Crippen LogP contribution in [0.15, 0.2) is 30.3 Å². The van der Waals surface area contributed by atoms with Crippen molar-refractivity contribution in [1.82, 2.24) is 9.80 Å². The minimum absolute atomic E-state index is 0.0635. The summed E-state index contributed by atoms with van der Waals surface area (Å²) in [7, 11) is 0. The van der Waals surface area contributed by atoms with E-state index in [1.807, 2.05) is 51.1 Å². The summed E-state index contributed by atoms with van der Waals surface area (Å²) in [4.78, 5) is 45.1. The average molecular weight is 725 g/mol. The number of ether oxygens (including phenoxy) is 3. The Kier molecular flexibility index (Phi) is 16.2. The Labute approximate surface area is 316 Å². The van der Waals surface area contributed by atoms with Gasteiger partial charge in [-0.3, -0.25) is 0 Å². The van der Waals surface area contributed by atoms with Gasteiger partial charge in [0.25, 0.3) is 0 Å². The molecule has 3 saturated carbocycles. The molecule has 1 aromatic rings. The summed E-state index contributed by atoms with van der Waals surface area (Å²) in [5.41, 5.74) is -0.497. The predicted molar refractivity (Wildman–Crippen MR) is 208 cm³/mol. The van der Waals surface area contributed by atoms with Crippen LogP contribution in [0, 0.1) is 5.92 Å². The summed E-state index contributed by atoms with van der Waals surface area (Å²) in [6.07, 6.45) is 19.4. The van der Waals surface area contributed by atoms with Gasteiger partial charge in [0.15, 0.2) is 0 Å². The summed E-state index contributed by atoms with van der Waals surface area (Å²) in [5.74, 6) is 0.506. The fraction of sp³-hybridized carbons (Fsp3) is 0.795. The van der Waals surface area contributed by atoms with Gasteiger partial charge in [0.05, 0.1) is 0 Å². The summed E-state index contributed by atoms with van der Waals surface area (Å²) in [5, 5.41) is 0. The highest BCUT2D eigenvalue weighted by Gasteiger charge is 2.42. The van der Waals surface area contributed by atoms with Gasteiger partial charge in [-0.25, -0.2) is 19.3 Å². The first-order valence-corrected chi connectivity index (χ1v) is 21.4. The third-order valence-electron chi connectivity index (χ3n) is 13.6. The largest absolute Gasteiger partial charge is 0.443 e. The van der Waals surface area contributed by atoms with E-state index in [4.69, 9.17) is 14.2 Å². The molecule has 8 nitrogen and oxygen atoms in total. The molecule has 0 N–H and O–H groups in total. The molecular formula is C44H72N2O6. The number of nitrogens with zero attached hydrogens (tertiary/aromatic N) is 2. The van der Waals surface area contributed by atoms with Crippen molar-refractivity contribution in [2.24, 2.45) is 5.92 Å². The van der Waals surface area contributed by atoms with Crippen molar-refractivity contribution in [3.05, 3.63) is 35.9 Å². The minimum Gasteiger partial charge on any atom is -0.443 e. The number of hydrogen-bond acceptors (Lipinski definition) is 6. The van der Waals surface area contributed by atoms with Crippen molar-refractivity contribution < 1.29 is 28.6 Å². The first kappa shape index (κ1) is 42.0. The van der Waals surface area contributed by atoms with E-state index in [-0.39, 0.29) is 24.3 Å². The molecule has 1 aromatic carbocycles. The number of benzene rings is 1. The quantitative estimate of drug-likeness (QED) is 0.149. The summed E-state index contributed by atoms with van der Waals surface area (Å²) in [6.45, 7) is 12.6. The standard InChI is InChI=1S/C44H72N2O6/c1-7-42(8-2,9-3)50-39(47)45(34-30-35-21-15-13-16-22-35)40(48)51-43(10-4,11-5)33-29-36-25-27-38(28-26-36)46(37-23-17-14-18-24-37)41(49)52-44(12-6)31-19-20-32-44/h13,15-16,21-22,36-38H,7-12,14,17-20,23-34H2,1-6H3. The van der Waals surface area contributed by atoms with Crippen molar-refractivity contribution in [1.29, 1.82) is 0 Å². The lowest BCUT2D eigenvalue weighted by Crippen LogP contribution is -2.51. The highest BCUT2D eigenvalue weighted by Crippen LogP contribution is 2.40. The Balaban J connectivity index is 1.40. The van der Waals surface area contributed by atoms with Gasteiger partial charge in [0.2, 0.25) is 0 Å². The number of carbonyl (C=O) groups is 3. The number of hydrogen-bond donors (Lipinski definition) is 0. The zero-order chi connectivity index (χ0) is 37.6. The zero-order valence-corrected chi connectivity index (χ0v) is 33.7. The van der Waals surface area contributed by atoms with Gasteiger partial charge in [-0.2, -0.15) is 0 Å². The molecule has 294 valence electrons. The number of imide groups is 1. The first-order valence-electron chi connectivity index (χ1n) is 21.4. The van der Waals surface area contributed by atoms with E-state index < -0.39 is 23.4 Å². The highest BCUT2D eigenvalue weighted by atomic mass is 16.6. The van der Waals surface area contributed by atoms with Crippen LogP contribution >= 0.6 is 0 Å². The van der Waals surface area contributed by atoms with Crippen molar-refractivity contribution in [3.8, 4) is 0 Å². The predicted octanol–water partition coefficient (Wildman–Crippen LogP) is 12.2. The van der Waals surface area contributed by atoms with Gasteiger partial charge in [-0.05, 0) is 133 Å². The van der Waals surface area contributed by atoms with Gasteiger partial charge in [0.1, 0.15) is 16.8 Å². The molecule has 4 rings (SSSR count). The Morgan fingerprint density at radius 3 is 1.75 bits per heavy atom. The van der Waals surface area contributed by atoms with Crippen LogP contribution in [0.3, 0.4) is 0 Å². The molecule has 3 amide bonds. The SMILES string of the molecule is CCC(CC)(CC)OC(=O)N(CCc1ccccc1)C(=O)OC(CC)(CC)CCC1CCC(N(C(=O)OC2(CC)CCCC2)C2CCCCC2)CC1. The maximum Gasteiger partial charge on any atom is 0.419 e. The van der Waals surface area contributed by atoms with Crippen LogP contribution in [0.5, 0.6) is 0 Å². The molecule has 0 saturated heterocycles. The molecule has 0 bridgehead atoms. The molecule has 0 radical (unpaired) electrons. The average Bonchev–Trinajstić information content (AvgIpc) is 3.65. The second-order valence-corrected chi connectivity index (χ2v) is 16.3. The number of amides is 3. The molecule has 0 atom stereocenters. The van der Waals surface area contributed by atoms with Crippen molar-refractivity contribution in [3.63, 3.8) is 0 Å². The molecule has 8 heteroatoms. The fourth-order valence-electron chi connectivity index (χ4n) is 9.31. The van der Waals surface area contributed by atoms with Gasteiger partial charge in [0, 0.05) is 18.6 Å². The Morgan fingerprint density at radius 1 is 0.673 bits per heavy atom. The highest BCUT2D eigenvalue weighted by molar-refractivity contribution is 5.88. The molecule has 0 aromatic heterocycles. The van der Waals surface area contributed by atoms with E-state index in [0.717, 1.165) is 89.0 Å². The van der Waals surface area contributed by atoms with Gasteiger partial charge in [-0.1, -0.05) is 91.1 Å². The number of carbonyl (C=O) groups excluding carboxylic acids is 3. The Morgan fingerprint density at radius 2 is 1.21 bits per heavy atom. The lowest BCUT2D eigenvalue weighted by atomic mass is 9.79. The van der Waals surface area contributed by atoms with Gasteiger partial charge >= 0.3 is 18.3 Å². The molecule has 0 spiro atoms. The minimum atomic E-state index is -0.662. The monoisotopic (exact) mass is 725 g/mol. The molecule has 0 unspecified atom stereocenters. The van der Waals surface area contributed by atoms with E-state index >= 15 is 0 Å². The van der Waals surface area contributed by atoms with Crippen LogP contribution in [0.25, 0.3) is 0 Å². The maximum absolute atomic E-state index is 14.0. The topological polar surface area (TPSA) is 85.4 Å². The summed E-state index contributed by atoms with van der Waals surface area (Å²) >= 11 is 0. The van der Waals surface area contributed by atoms with E-state index in [2.05, 4.69) is 25.7 Å². The lowest BCUT2D eigenvalue weighted by Gasteiger charge is -2.44. The van der Waals surface area contributed by atoms with Gasteiger partial charge < -0.3 is 19.1 Å². The van der Waals surface area contributed by atoms with E-state index in [0.29, 0.717) is 50.5 Å². The second-order valence-electron chi connectivity index (χ2n) is 16.3. The van der Waals surface area contributed by atoms with Crippen LogP contribution in [0.1, 0.15) is 182 Å². The normalized spacial score (nSPS) is 21.0. The van der Waals surface area contributed by atoms with Crippen molar-refractivity contribution in [2.75, 3.05) is 6.54 Å². The molecule has 3 fully saturated rings. The molecule has 0 aliphatic heterocycles. The van der Waals surface area contributed by atoms with E-state index in [9.17, 15) is 14.4 Å². The molecule has 3 aliphatic rings. The van der Waals surface area contributed by atoms with E-state index in [1.165, 1.54) is 24.2 Å². The van der Waals surface area contributed by atoms with Crippen LogP contribution < -0.4 is 0 Å². The van der Waals surface area contributed by atoms with Crippen LogP contribution in [-0.4, -0.2) is 63.5 Å². The summed E-state index contributed by atoms with van der Waals surface area (Å²) < 4.78 is 18.9. The van der Waals surface area contributed by atoms with Crippen molar-refractivity contribution >= 4 is 18.3 Å². The summed E-state index contributed by atoms with van der Waals surface area (Å²) in [6, 6.07) is 10.4. The van der Waals surface area contributed by atoms with E-state index in [1.54, 1.807) is 0 Å². The molecule has 3 aliphatic carbocycles. The smallest absolute Gasteiger partial charge is 0.419 e. The van der Waals surface area contributed by atoms with Crippen molar-refractivity contribution in [2.45, 2.75) is 212 Å². The zero-order valence-electron chi connectivity index (χ0n) is 33.7. The third kappa shape index (κ3) is 10.9. The van der Waals surface area contributed by atoms with Crippen LogP contribution in [0.4, 0.5) is 14.4 Å². The Hall–Kier alpha value is -2.77. The second kappa shape index (κ2) is 20.1. The first-order chi connectivity index (χ1) is 25.1. The Bertz CT molecular complexity index is 1220. The van der Waals surface area contributed by atoms with Crippen LogP contribution in [0.2, 0.25) is 0 Å². The fourth-order valence-corrected chi connectivity index (χ4v) is 9.31. The van der Waals surface area contributed by atoms with Crippen LogP contribution in [-0.2, 0) is 20.6 Å². The lowest BCUT2D eigenvalue weighted by molar-refractivity contribution is -0.0427. The number of rotatable bonds is 17. The van der Waals surface area contributed by atoms with Gasteiger partial charge in [-0.15, -0.1) is 0 Å². The maximum atomic E-state index is 14.0. The molecule has 52 heavy (non-hydrogen) atoms. The third-order valence-corrected chi connectivity index (χ3v) is 13.6. The molecule has 0 heterocycles. The molecular weight excluding hydrogens is 652 g/mol.